The van der Waals surface area contributed by atoms with E-state index in [0.717, 1.165) is 12.1 Å². The molecule has 108 valence electrons. The van der Waals surface area contributed by atoms with Crippen molar-refractivity contribution < 1.29 is 9.13 Å². The van der Waals surface area contributed by atoms with Crippen molar-refractivity contribution in [3.05, 3.63) is 23.4 Å². The predicted octanol–water partition coefficient (Wildman–Crippen LogP) is 2.57. The molecular weight excluding hydrogens is 259 g/mol. The number of alkyl halides is 1. The number of aromatic nitrogens is 4. The van der Waals surface area contributed by atoms with Gasteiger partial charge in [0.2, 0.25) is 0 Å². The molecule has 6 heteroatoms. The number of ether oxygens (including phenoxy) is 1. The van der Waals surface area contributed by atoms with Crippen molar-refractivity contribution in [1.29, 1.82) is 0 Å². The maximum Gasteiger partial charge on any atom is 0.175 e. The van der Waals surface area contributed by atoms with Crippen LogP contribution < -0.4 is 0 Å². The Labute approximate surface area is 117 Å². The average molecular weight is 278 g/mol. The molecule has 2 aromatic heterocycles. The lowest BCUT2D eigenvalue weighted by atomic mass is 9.97. The van der Waals surface area contributed by atoms with Crippen molar-refractivity contribution in [3.63, 3.8) is 0 Å². The molecule has 0 unspecified atom stereocenters. The first kappa shape index (κ1) is 13.4. The zero-order valence-electron chi connectivity index (χ0n) is 12.2. The van der Waals surface area contributed by atoms with Crippen LogP contribution in [0.2, 0.25) is 0 Å². The highest BCUT2D eigenvalue weighted by Crippen LogP contribution is 2.40. The molecule has 5 nitrogen and oxygen atoms in total. The van der Waals surface area contributed by atoms with Crippen LogP contribution in [-0.4, -0.2) is 31.9 Å². The number of hydrogen-bond donors (Lipinski definition) is 0. The van der Waals surface area contributed by atoms with Gasteiger partial charge in [0, 0.05) is 5.92 Å². The lowest BCUT2D eigenvalue weighted by molar-refractivity contribution is 0.0196. The van der Waals surface area contributed by atoms with Crippen molar-refractivity contribution in [2.75, 3.05) is 0 Å². The van der Waals surface area contributed by atoms with E-state index in [9.17, 15) is 4.39 Å². The smallest absolute Gasteiger partial charge is 0.175 e. The molecule has 1 aliphatic rings. The number of fused-ring (bicyclic) bond motifs is 1. The first-order valence-corrected chi connectivity index (χ1v) is 7.01. The Morgan fingerprint density at radius 1 is 1.40 bits per heavy atom. The highest BCUT2D eigenvalue weighted by Gasteiger charge is 2.43. The van der Waals surface area contributed by atoms with E-state index in [0.29, 0.717) is 17.2 Å². The number of halogens is 1. The van der Waals surface area contributed by atoms with E-state index in [1.165, 1.54) is 0 Å². The summed E-state index contributed by atoms with van der Waals surface area (Å²) in [5, 5.41) is 4.35. The Kier molecular flexibility index (Phi) is 3.20. The quantitative estimate of drug-likeness (QED) is 0.847. The van der Waals surface area contributed by atoms with Crippen LogP contribution in [0.15, 0.2) is 6.20 Å². The molecule has 2 aromatic rings. The van der Waals surface area contributed by atoms with Crippen molar-refractivity contribution >= 4 is 5.65 Å². The molecule has 20 heavy (non-hydrogen) atoms. The summed E-state index contributed by atoms with van der Waals surface area (Å²) < 4.78 is 22.0. The zero-order chi connectivity index (χ0) is 14.4. The SMILES string of the molecule is CC[C@H]1O[C@@H](c2cnc3c(C)nc(C)nn23)[C@H](F)[C@@H]1C. The molecule has 1 saturated heterocycles. The van der Waals surface area contributed by atoms with E-state index in [-0.39, 0.29) is 12.0 Å². The van der Waals surface area contributed by atoms with Crippen LogP contribution in [0, 0.1) is 19.8 Å². The minimum atomic E-state index is -1.03. The maximum atomic E-state index is 14.5. The second-order valence-corrected chi connectivity index (χ2v) is 5.47. The van der Waals surface area contributed by atoms with E-state index in [2.05, 4.69) is 15.1 Å². The van der Waals surface area contributed by atoms with Gasteiger partial charge in [0.15, 0.2) is 5.65 Å². The van der Waals surface area contributed by atoms with Gasteiger partial charge in [0.05, 0.1) is 23.7 Å². The van der Waals surface area contributed by atoms with Gasteiger partial charge in [-0.1, -0.05) is 13.8 Å². The van der Waals surface area contributed by atoms with Gasteiger partial charge >= 0.3 is 0 Å². The topological polar surface area (TPSA) is 52.3 Å². The Morgan fingerprint density at radius 2 is 2.15 bits per heavy atom. The minimum Gasteiger partial charge on any atom is -0.365 e. The molecule has 0 bridgehead atoms. The first-order valence-electron chi connectivity index (χ1n) is 7.01. The predicted molar refractivity (Wildman–Crippen MR) is 72.2 cm³/mol. The van der Waals surface area contributed by atoms with Crippen LogP contribution in [-0.2, 0) is 4.74 Å². The summed E-state index contributed by atoms with van der Waals surface area (Å²) >= 11 is 0. The van der Waals surface area contributed by atoms with Gasteiger partial charge in [-0.05, 0) is 20.3 Å². The van der Waals surface area contributed by atoms with E-state index in [1.807, 2.05) is 27.7 Å². The minimum absolute atomic E-state index is 0.0513. The molecule has 0 aromatic carbocycles. The fourth-order valence-electron chi connectivity index (χ4n) is 2.93. The summed E-state index contributed by atoms with van der Waals surface area (Å²) in [6.45, 7) is 7.60. The fraction of sp³-hybridized carbons (Fsp3) is 0.643. The Balaban J connectivity index is 2.07. The molecule has 1 aliphatic heterocycles. The second-order valence-electron chi connectivity index (χ2n) is 5.47. The van der Waals surface area contributed by atoms with Gasteiger partial charge < -0.3 is 4.74 Å². The van der Waals surface area contributed by atoms with Crippen molar-refractivity contribution in [1.82, 2.24) is 19.6 Å². The van der Waals surface area contributed by atoms with Gasteiger partial charge in [0.1, 0.15) is 18.1 Å². The van der Waals surface area contributed by atoms with Crippen molar-refractivity contribution in [3.8, 4) is 0 Å². The van der Waals surface area contributed by atoms with Gasteiger partial charge in [0.25, 0.3) is 0 Å². The van der Waals surface area contributed by atoms with Gasteiger partial charge in [-0.25, -0.2) is 18.9 Å². The number of rotatable bonds is 2. The molecule has 3 rings (SSSR count). The second kappa shape index (κ2) is 4.77. The third kappa shape index (κ3) is 1.90. The van der Waals surface area contributed by atoms with E-state index >= 15 is 0 Å². The summed E-state index contributed by atoms with van der Waals surface area (Å²) in [4.78, 5) is 8.58. The van der Waals surface area contributed by atoms with Crippen molar-refractivity contribution in [2.24, 2.45) is 5.92 Å². The summed E-state index contributed by atoms with van der Waals surface area (Å²) in [5.74, 6) is 0.530. The Hall–Kier alpha value is -1.56. The van der Waals surface area contributed by atoms with Crippen LogP contribution in [0.3, 0.4) is 0 Å². The van der Waals surface area contributed by atoms with Gasteiger partial charge in [-0.2, -0.15) is 5.10 Å². The Bertz CT molecular complexity index is 641. The molecular formula is C14H19FN4O. The molecule has 0 saturated carbocycles. The summed E-state index contributed by atoms with van der Waals surface area (Å²) in [7, 11) is 0. The van der Waals surface area contributed by atoms with Crippen LogP contribution in [0.4, 0.5) is 4.39 Å². The Morgan fingerprint density at radius 3 is 2.80 bits per heavy atom. The van der Waals surface area contributed by atoms with Crippen LogP contribution in [0.1, 0.15) is 43.6 Å². The number of aryl methyl sites for hydroxylation is 2. The third-order valence-electron chi connectivity index (χ3n) is 4.06. The van der Waals surface area contributed by atoms with Crippen molar-refractivity contribution in [2.45, 2.75) is 52.5 Å². The standard InChI is InChI=1S/C14H19FN4O/c1-5-11-7(2)12(15)13(20-11)10-6-16-14-8(3)17-9(4)18-19(10)14/h6-7,11-13H,5H2,1-4H3/t7-,11-,12-,13+/m1/s1. The summed E-state index contributed by atoms with van der Waals surface area (Å²) in [6, 6.07) is 0. The fourth-order valence-corrected chi connectivity index (χ4v) is 2.93. The lowest BCUT2D eigenvalue weighted by Gasteiger charge is -2.13. The zero-order valence-corrected chi connectivity index (χ0v) is 12.2. The largest absolute Gasteiger partial charge is 0.365 e. The van der Waals surface area contributed by atoms with E-state index < -0.39 is 12.3 Å². The summed E-state index contributed by atoms with van der Waals surface area (Å²) in [5.41, 5.74) is 2.12. The molecule has 3 heterocycles. The lowest BCUT2D eigenvalue weighted by Crippen LogP contribution is -2.18. The maximum absolute atomic E-state index is 14.5. The molecule has 4 atom stereocenters. The van der Waals surface area contributed by atoms with Crippen LogP contribution >= 0.6 is 0 Å². The molecule has 0 N–H and O–H groups in total. The average Bonchev–Trinajstić information content (AvgIpc) is 2.93. The molecule has 0 aliphatic carbocycles. The number of hydrogen-bond acceptors (Lipinski definition) is 4. The highest BCUT2D eigenvalue weighted by atomic mass is 19.1. The van der Waals surface area contributed by atoms with Gasteiger partial charge in [-0.15, -0.1) is 0 Å². The van der Waals surface area contributed by atoms with Crippen LogP contribution in [0.5, 0.6) is 0 Å². The monoisotopic (exact) mass is 278 g/mol. The third-order valence-corrected chi connectivity index (χ3v) is 4.06. The number of imidazole rings is 1. The molecule has 0 spiro atoms. The number of nitrogens with zero attached hydrogens (tertiary/aromatic N) is 4. The van der Waals surface area contributed by atoms with Crippen LogP contribution in [0.25, 0.3) is 5.65 Å². The normalized spacial score (nSPS) is 30.2. The van der Waals surface area contributed by atoms with E-state index in [4.69, 9.17) is 4.74 Å². The molecule has 1 fully saturated rings. The first-order chi connectivity index (χ1) is 9.52. The molecule has 0 radical (unpaired) electrons. The van der Waals surface area contributed by atoms with E-state index in [1.54, 1.807) is 10.7 Å². The van der Waals surface area contributed by atoms with Gasteiger partial charge in [-0.3, -0.25) is 0 Å². The highest BCUT2D eigenvalue weighted by molar-refractivity contribution is 5.44. The molecule has 0 amide bonds. The summed E-state index contributed by atoms with van der Waals surface area (Å²) in [6.07, 6.45) is 0.777.